The molecule has 15 heteroatoms. The smallest absolute Gasteiger partial charge is 0.351 e. The van der Waals surface area contributed by atoms with Gasteiger partial charge in [0.2, 0.25) is 21.8 Å². The molecule has 3 heterocycles. The molecule has 4 rings (SSSR count). The van der Waals surface area contributed by atoms with Crippen molar-refractivity contribution in [2.75, 3.05) is 0 Å². The van der Waals surface area contributed by atoms with Crippen LogP contribution < -0.4 is 5.32 Å². The molecule has 1 aliphatic heterocycles. The van der Waals surface area contributed by atoms with Crippen LogP contribution in [0.4, 0.5) is 22.0 Å². The van der Waals surface area contributed by atoms with Crippen LogP contribution >= 0.6 is 15.9 Å². The number of rotatable bonds is 6. The third-order valence-electron chi connectivity index (χ3n) is 5.96. The molecule has 3 aromatic rings. The van der Waals surface area contributed by atoms with Crippen molar-refractivity contribution in [3.05, 3.63) is 70.6 Å². The number of sulfonamides is 1. The van der Waals surface area contributed by atoms with Crippen LogP contribution in [0, 0.1) is 5.82 Å². The summed E-state index contributed by atoms with van der Waals surface area (Å²) in [5.41, 5.74) is 0.0257. The van der Waals surface area contributed by atoms with E-state index in [1.54, 1.807) is 0 Å². The molecule has 1 aromatic carbocycles. The van der Waals surface area contributed by atoms with Crippen molar-refractivity contribution >= 4 is 31.9 Å². The molecule has 1 N–H and O–H groups in total. The molecule has 202 valence electrons. The summed E-state index contributed by atoms with van der Waals surface area (Å²) in [6.07, 6.45) is -4.17. The van der Waals surface area contributed by atoms with E-state index in [0.29, 0.717) is 4.47 Å². The Morgan fingerprint density at radius 2 is 1.76 bits per heavy atom. The predicted octanol–water partition coefficient (Wildman–Crippen LogP) is 4.27. The SMILES string of the molecule is CC1C(F)CC(C(=O)NCc2cc(-c3cnc(C(F)(F)F)nc3)ncc2F)N1S(=O)(=O)c1ccc(Br)cc1. The maximum atomic E-state index is 14.6. The van der Waals surface area contributed by atoms with Gasteiger partial charge in [0.15, 0.2) is 0 Å². The van der Waals surface area contributed by atoms with Gasteiger partial charge in [-0.05, 0) is 37.3 Å². The first kappa shape index (κ1) is 28.0. The van der Waals surface area contributed by atoms with Crippen molar-refractivity contribution < 1.29 is 35.2 Å². The Balaban J connectivity index is 1.53. The molecule has 0 radical (unpaired) electrons. The van der Waals surface area contributed by atoms with Gasteiger partial charge in [0.1, 0.15) is 18.0 Å². The zero-order valence-corrected chi connectivity index (χ0v) is 21.9. The van der Waals surface area contributed by atoms with Gasteiger partial charge in [0.05, 0.1) is 22.8 Å². The van der Waals surface area contributed by atoms with Gasteiger partial charge >= 0.3 is 6.18 Å². The van der Waals surface area contributed by atoms with Crippen molar-refractivity contribution in [1.29, 1.82) is 0 Å². The standard InChI is InChI=1S/C23H19BrF5N5O3S/c1-12-17(25)7-20(34(12)38(36,37)16-4-2-15(24)3-5-16)21(35)31-8-13-6-19(30-11-18(13)26)14-9-32-22(33-10-14)23(27,28)29/h2-6,9-12,17,20H,7-8H2,1H3,(H,31,35). The van der Waals surface area contributed by atoms with Crippen molar-refractivity contribution in [2.45, 2.75) is 49.2 Å². The lowest BCUT2D eigenvalue weighted by molar-refractivity contribution is -0.145. The van der Waals surface area contributed by atoms with Gasteiger partial charge in [-0.25, -0.2) is 27.2 Å². The molecule has 38 heavy (non-hydrogen) atoms. The van der Waals surface area contributed by atoms with Crippen LogP contribution in [-0.2, 0) is 27.5 Å². The fraction of sp³-hybridized carbons (Fsp3) is 0.304. The predicted molar refractivity (Wildman–Crippen MR) is 128 cm³/mol. The molecule has 2 aromatic heterocycles. The Morgan fingerprint density at radius 1 is 1.13 bits per heavy atom. The topological polar surface area (TPSA) is 105 Å². The highest BCUT2D eigenvalue weighted by molar-refractivity contribution is 9.10. The number of nitrogens with zero attached hydrogens (tertiary/aromatic N) is 4. The number of benzene rings is 1. The lowest BCUT2D eigenvalue weighted by Gasteiger charge is -2.27. The minimum Gasteiger partial charge on any atom is -0.351 e. The summed E-state index contributed by atoms with van der Waals surface area (Å²) in [4.78, 5) is 23.2. The fourth-order valence-corrected chi connectivity index (χ4v) is 6.05. The molecule has 3 atom stereocenters. The monoisotopic (exact) mass is 619 g/mol. The maximum Gasteiger partial charge on any atom is 0.451 e. The maximum absolute atomic E-state index is 14.6. The van der Waals surface area contributed by atoms with E-state index in [2.05, 4.69) is 36.2 Å². The Morgan fingerprint density at radius 3 is 2.37 bits per heavy atom. The lowest BCUT2D eigenvalue weighted by atomic mass is 10.1. The zero-order chi connectivity index (χ0) is 27.8. The average molecular weight is 620 g/mol. The molecule has 1 amide bonds. The molecule has 0 aliphatic carbocycles. The molecule has 0 bridgehead atoms. The summed E-state index contributed by atoms with van der Waals surface area (Å²) >= 11 is 3.21. The third kappa shape index (κ3) is 5.68. The Kier molecular flexibility index (Phi) is 7.81. The van der Waals surface area contributed by atoms with E-state index < -0.39 is 65.0 Å². The highest BCUT2D eigenvalue weighted by Gasteiger charge is 2.49. The lowest BCUT2D eigenvalue weighted by Crippen LogP contribution is -2.48. The normalized spacial score (nSPS) is 20.4. The largest absolute Gasteiger partial charge is 0.451 e. The van der Waals surface area contributed by atoms with Crippen LogP contribution in [0.15, 0.2) is 58.3 Å². The van der Waals surface area contributed by atoms with E-state index in [1.807, 2.05) is 0 Å². The quantitative estimate of drug-likeness (QED) is 0.413. The second-order valence-corrected chi connectivity index (χ2v) is 11.2. The van der Waals surface area contributed by atoms with E-state index in [0.717, 1.165) is 22.9 Å². The van der Waals surface area contributed by atoms with Crippen molar-refractivity contribution in [3.63, 3.8) is 0 Å². The first-order chi connectivity index (χ1) is 17.8. The van der Waals surface area contributed by atoms with Gasteiger partial charge in [-0.2, -0.15) is 17.5 Å². The van der Waals surface area contributed by atoms with Crippen molar-refractivity contribution in [1.82, 2.24) is 24.6 Å². The molecule has 1 saturated heterocycles. The van der Waals surface area contributed by atoms with Gasteiger partial charge < -0.3 is 5.32 Å². The highest BCUT2D eigenvalue weighted by atomic mass is 79.9. The molecular formula is C23H19BrF5N5O3S. The van der Waals surface area contributed by atoms with Crippen LogP contribution in [-0.4, -0.2) is 51.8 Å². The van der Waals surface area contributed by atoms with Crippen molar-refractivity contribution in [3.8, 4) is 11.3 Å². The van der Waals surface area contributed by atoms with E-state index in [4.69, 9.17) is 0 Å². The summed E-state index contributed by atoms with van der Waals surface area (Å²) in [7, 11) is -4.25. The zero-order valence-electron chi connectivity index (χ0n) is 19.5. The number of pyridine rings is 1. The summed E-state index contributed by atoms with van der Waals surface area (Å²) in [5.74, 6) is -3.02. The average Bonchev–Trinajstić information content (AvgIpc) is 3.18. The molecular weight excluding hydrogens is 601 g/mol. The van der Waals surface area contributed by atoms with Crippen LogP contribution in [0.25, 0.3) is 11.3 Å². The second-order valence-electron chi connectivity index (χ2n) is 8.47. The van der Waals surface area contributed by atoms with Gasteiger partial charge in [-0.15, -0.1) is 0 Å². The van der Waals surface area contributed by atoms with Crippen LogP contribution in [0.3, 0.4) is 0 Å². The van der Waals surface area contributed by atoms with E-state index >= 15 is 0 Å². The Labute approximate surface area is 222 Å². The fourth-order valence-electron chi connectivity index (χ4n) is 3.98. The van der Waals surface area contributed by atoms with Gasteiger partial charge in [0.25, 0.3) is 0 Å². The van der Waals surface area contributed by atoms with E-state index in [9.17, 15) is 35.2 Å². The van der Waals surface area contributed by atoms with Crippen LogP contribution in [0.2, 0.25) is 0 Å². The number of halogens is 6. The Bertz CT molecular complexity index is 1440. The number of alkyl halides is 4. The van der Waals surface area contributed by atoms with E-state index in [1.165, 1.54) is 37.3 Å². The highest BCUT2D eigenvalue weighted by Crippen LogP contribution is 2.34. The minimum absolute atomic E-state index is 0.0436. The van der Waals surface area contributed by atoms with Gasteiger partial charge in [-0.1, -0.05) is 15.9 Å². The molecule has 1 aliphatic rings. The molecule has 1 fully saturated rings. The molecule has 8 nitrogen and oxygen atoms in total. The van der Waals surface area contributed by atoms with Gasteiger partial charge in [-0.3, -0.25) is 9.78 Å². The summed E-state index contributed by atoms with van der Waals surface area (Å²) in [6, 6.07) is 4.33. The number of carbonyl (C=O) groups is 1. The minimum atomic E-state index is -4.74. The molecule has 0 spiro atoms. The molecule has 3 unspecified atom stereocenters. The number of aromatic nitrogens is 3. The second kappa shape index (κ2) is 10.6. The number of nitrogens with one attached hydrogen (secondary N) is 1. The third-order valence-corrected chi connectivity index (χ3v) is 8.50. The molecule has 0 saturated carbocycles. The van der Waals surface area contributed by atoms with Crippen molar-refractivity contribution in [2.24, 2.45) is 0 Å². The number of amides is 1. The summed E-state index contributed by atoms with van der Waals surface area (Å²) in [5, 5.41) is 2.43. The van der Waals surface area contributed by atoms with E-state index in [-0.39, 0.29) is 21.7 Å². The summed E-state index contributed by atoms with van der Waals surface area (Å²) < 4.78 is 95.1. The number of hydrogen-bond donors (Lipinski definition) is 1. The van der Waals surface area contributed by atoms with Crippen LogP contribution in [0.1, 0.15) is 24.7 Å². The van der Waals surface area contributed by atoms with Crippen LogP contribution in [0.5, 0.6) is 0 Å². The van der Waals surface area contributed by atoms with Gasteiger partial charge in [0, 0.05) is 41.0 Å². The Hall–Kier alpha value is -3.04. The number of hydrogen-bond acceptors (Lipinski definition) is 6. The first-order valence-corrected chi connectivity index (χ1v) is 13.3. The summed E-state index contributed by atoms with van der Waals surface area (Å²) in [6.45, 7) is 0.935. The first-order valence-electron chi connectivity index (χ1n) is 11.0. The number of carbonyl (C=O) groups excluding carboxylic acids is 1.